The molecule has 4 rings (SSSR count). The molecule has 0 spiro atoms. The number of nitro groups is 1. The molecule has 0 fully saturated rings. The monoisotopic (exact) mass is 461 g/mol. The fourth-order valence-corrected chi connectivity index (χ4v) is 5.15. The summed E-state index contributed by atoms with van der Waals surface area (Å²) in [5.41, 5.74) is 6.53. The molecular weight excluding hydrogens is 438 g/mol. The van der Waals surface area contributed by atoms with Gasteiger partial charge >= 0.3 is 6.03 Å². The van der Waals surface area contributed by atoms with E-state index in [1.54, 1.807) is 21.7 Å². The number of rotatable bonds is 4. The highest BCUT2D eigenvalue weighted by Crippen LogP contribution is 2.47. The van der Waals surface area contributed by atoms with Crippen molar-refractivity contribution in [3.63, 3.8) is 0 Å². The fraction of sp³-hybridized carbons (Fsp3) is 0.450. The Balaban J connectivity index is 1.94. The minimum atomic E-state index is -0.309. The van der Waals surface area contributed by atoms with E-state index in [2.05, 4.69) is 39.4 Å². The van der Waals surface area contributed by atoms with Gasteiger partial charge in [-0.1, -0.05) is 6.08 Å². The number of benzene rings is 1. The number of nitro benzene ring substituents is 1. The van der Waals surface area contributed by atoms with E-state index in [0.29, 0.717) is 18.7 Å². The SMILES string of the molecule is CCN(CC)C(=O)Nn1c(Br)c2c3c(c([N+](=O)[O-])ccc31)C1=CCCN(C)[C@@H]1C2. The number of fused-ring (bicyclic) bond motifs is 2. The molecule has 1 aromatic carbocycles. The molecule has 2 aliphatic rings. The summed E-state index contributed by atoms with van der Waals surface area (Å²) in [5, 5.41) is 12.7. The molecule has 1 atom stereocenters. The summed E-state index contributed by atoms with van der Waals surface area (Å²) in [4.78, 5) is 28.1. The number of hydrogen-bond donors (Lipinski definition) is 1. The van der Waals surface area contributed by atoms with Crippen molar-refractivity contribution in [2.45, 2.75) is 32.7 Å². The molecule has 2 amide bonds. The minimum Gasteiger partial charge on any atom is -0.324 e. The zero-order valence-corrected chi connectivity index (χ0v) is 18.3. The van der Waals surface area contributed by atoms with Gasteiger partial charge in [-0.2, -0.15) is 0 Å². The van der Waals surface area contributed by atoms with E-state index >= 15 is 0 Å². The number of nitrogens with zero attached hydrogens (tertiary/aromatic N) is 4. The van der Waals surface area contributed by atoms with Gasteiger partial charge in [-0.15, -0.1) is 0 Å². The number of carbonyl (C=O) groups is 1. The largest absolute Gasteiger partial charge is 0.336 e. The van der Waals surface area contributed by atoms with Gasteiger partial charge in [-0.25, -0.2) is 14.9 Å². The van der Waals surface area contributed by atoms with Gasteiger partial charge in [0.05, 0.1) is 16.0 Å². The summed E-state index contributed by atoms with van der Waals surface area (Å²) in [7, 11) is 2.06. The first kappa shape index (κ1) is 19.9. The highest BCUT2D eigenvalue weighted by Gasteiger charge is 2.38. The second-order valence-electron chi connectivity index (χ2n) is 7.45. The molecule has 1 N–H and O–H groups in total. The fourth-order valence-electron chi connectivity index (χ4n) is 4.51. The van der Waals surface area contributed by atoms with Crippen molar-refractivity contribution in [3.05, 3.63) is 44.1 Å². The topological polar surface area (TPSA) is 83.6 Å². The molecule has 1 aliphatic heterocycles. The first-order valence-electron chi connectivity index (χ1n) is 9.85. The van der Waals surface area contributed by atoms with Gasteiger partial charge < -0.3 is 4.90 Å². The van der Waals surface area contributed by atoms with Gasteiger partial charge in [0.25, 0.3) is 5.69 Å². The van der Waals surface area contributed by atoms with Crippen molar-refractivity contribution < 1.29 is 9.72 Å². The molecule has 8 nitrogen and oxygen atoms in total. The third-order valence-corrected chi connectivity index (χ3v) is 6.86. The van der Waals surface area contributed by atoms with Crippen LogP contribution in [0.1, 0.15) is 31.4 Å². The van der Waals surface area contributed by atoms with Crippen molar-refractivity contribution in [2.75, 3.05) is 32.1 Å². The van der Waals surface area contributed by atoms with E-state index in [1.165, 1.54) is 0 Å². The van der Waals surface area contributed by atoms with Crippen LogP contribution in [0.5, 0.6) is 0 Å². The van der Waals surface area contributed by atoms with Crippen LogP contribution in [-0.2, 0) is 6.42 Å². The van der Waals surface area contributed by atoms with Crippen molar-refractivity contribution in [3.8, 4) is 0 Å². The molecular formula is C20H24BrN5O3. The highest BCUT2D eigenvalue weighted by atomic mass is 79.9. The second-order valence-corrected chi connectivity index (χ2v) is 8.20. The minimum absolute atomic E-state index is 0.0891. The van der Waals surface area contributed by atoms with Crippen molar-refractivity contribution in [2.24, 2.45) is 0 Å². The molecule has 2 heterocycles. The number of likely N-dealkylation sites (N-methyl/N-ethyl adjacent to an activating group) is 1. The first-order valence-corrected chi connectivity index (χ1v) is 10.6. The maximum absolute atomic E-state index is 12.7. The lowest BCUT2D eigenvalue weighted by Crippen LogP contribution is -2.39. The first-order chi connectivity index (χ1) is 13.9. The third kappa shape index (κ3) is 3.03. The Hall–Kier alpha value is -2.39. The predicted octanol–water partition coefficient (Wildman–Crippen LogP) is 3.96. The number of aromatic nitrogens is 1. The van der Waals surface area contributed by atoms with E-state index in [-0.39, 0.29) is 22.7 Å². The van der Waals surface area contributed by atoms with Crippen LogP contribution in [0.3, 0.4) is 0 Å². The van der Waals surface area contributed by atoms with E-state index in [1.807, 2.05) is 13.8 Å². The van der Waals surface area contributed by atoms with Crippen LogP contribution in [-0.4, -0.2) is 58.2 Å². The Morgan fingerprint density at radius 1 is 1.38 bits per heavy atom. The van der Waals surface area contributed by atoms with Crippen LogP contribution < -0.4 is 5.43 Å². The predicted molar refractivity (Wildman–Crippen MR) is 117 cm³/mol. The van der Waals surface area contributed by atoms with Gasteiger partial charge in [-0.3, -0.25) is 15.0 Å². The molecule has 2 aromatic rings. The average molecular weight is 462 g/mol. The molecule has 0 unspecified atom stereocenters. The average Bonchev–Trinajstić information content (AvgIpc) is 2.96. The quantitative estimate of drug-likeness (QED) is 0.551. The van der Waals surface area contributed by atoms with Crippen LogP contribution in [0.15, 0.2) is 22.8 Å². The normalized spacial score (nSPS) is 18.3. The van der Waals surface area contributed by atoms with Crippen LogP contribution in [0.4, 0.5) is 10.5 Å². The maximum Gasteiger partial charge on any atom is 0.336 e. The molecule has 0 saturated carbocycles. The smallest absolute Gasteiger partial charge is 0.324 e. The third-order valence-electron chi connectivity index (χ3n) is 6.03. The Labute approximate surface area is 177 Å². The lowest BCUT2D eigenvalue weighted by molar-refractivity contribution is -0.385. The maximum atomic E-state index is 12.7. The molecule has 0 bridgehead atoms. The Morgan fingerprint density at radius 3 is 2.76 bits per heavy atom. The van der Waals surface area contributed by atoms with E-state index in [9.17, 15) is 14.9 Å². The zero-order valence-electron chi connectivity index (χ0n) is 16.7. The summed E-state index contributed by atoms with van der Waals surface area (Å²) < 4.78 is 2.46. The Morgan fingerprint density at radius 2 is 2.10 bits per heavy atom. The summed E-state index contributed by atoms with van der Waals surface area (Å²) in [6.45, 7) is 5.98. The van der Waals surface area contributed by atoms with Crippen molar-refractivity contribution in [1.29, 1.82) is 0 Å². The second kappa shape index (κ2) is 7.46. The Bertz CT molecular complexity index is 1040. The van der Waals surface area contributed by atoms with Crippen LogP contribution >= 0.6 is 15.9 Å². The van der Waals surface area contributed by atoms with Gasteiger partial charge in [0, 0.05) is 37.1 Å². The van der Waals surface area contributed by atoms with Crippen LogP contribution in [0.25, 0.3) is 16.5 Å². The molecule has 29 heavy (non-hydrogen) atoms. The zero-order chi connectivity index (χ0) is 20.9. The highest BCUT2D eigenvalue weighted by molar-refractivity contribution is 9.10. The van der Waals surface area contributed by atoms with E-state index in [0.717, 1.165) is 46.0 Å². The van der Waals surface area contributed by atoms with Gasteiger partial charge in [0.1, 0.15) is 4.60 Å². The summed E-state index contributed by atoms with van der Waals surface area (Å²) in [6, 6.07) is 3.16. The molecule has 154 valence electrons. The Kier molecular flexibility index (Phi) is 5.12. The van der Waals surface area contributed by atoms with Crippen LogP contribution in [0, 0.1) is 10.1 Å². The summed E-state index contributed by atoms with van der Waals surface area (Å²) >= 11 is 3.66. The molecule has 1 aromatic heterocycles. The number of hydrogen-bond acceptors (Lipinski definition) is 4. The lowest BCUT2D eigenvalue weighted by Gasteiger charge is -2.36. The summed E-state index contributed by atoms with van der Waals surface area (Å²) in [6.07, 6.45) is 3.74. The van der Waals surface area contributed by atoms with Crippen molar-refractivity contribution >= 4 is 44.1 Å². The van der Waals surface area contributed by atoms with Gasteiger partial charge in [-0.05, 0) is 66.9 Å². The standard InChI is InChI=1S/C20H24BrN5O3/c1-4-24(5-2)20(27)22-25-14-8-9-15(26(28)29)17-12-7-6-10-23(3)16(12)11-13(18(14)17)19(25)21/h7-9,16H,4-6,10-11H2,1-3H3,(H,22,27)/t16-/m1/s1. The van der Waals surface area contributed by atoms with E-state index < -0.39 is 0 Å². The lowest BCUT2D eigenvalue weighted by atomic mass is 9.81. The van der Waals surface area contributed by atoms with Gasteiger partial charge in [0.2, 0.25) is 0 Å². The number of carbonyl (C=O) groups excluding carboxylic acids is 1. The number of halogens is 1. The summed E-state index contributed by atoms with van der Waals surface area (Å²) in [5.74, 6) is 0. The molecule has 0 saturated heterocycles. The number of urea groups is 1. The van der Waals surface area contributed by atoms with Crippen LogP contribution in [0.2, 0.25) is 0 Å². The number of amides is 2. The van der Waals surface area contributed by atoms with Crippen molar-refractivity contribution in [1.82, 2.24) is 14.5 Å². The molecule has 9 heteroatoms. The number of nitrogens with one attached hydrogen (secondary N) is 1. The van der Waals surface area contributed by atoms with Gasteiger partial charge in [0.15, 0.2) is 0 Å². The molecule has 0 radical (unpaired) electrons. The van der Waals surface area contributed by atoms with E-state index in [4.69, 9.17) is 0 Å². The molecule has 1 aliphatic carbocycles.